The van der Waals surface area contributed by atoms with Gasteiger partial charge in [-0.05, 0) is 44.4 Å². The Labute approximate surface area is 189 Å². The highest BCUT2D eigenvalue weighted by molar-refractivity contribution is 8.02. The van der Waals surface area contributed by atoms with E-state index in [1.165, 1.54) is 5.56 Å². The number of thioether (sulfide) groups is 1. The van der Waals surface area contributed by atoms with Crippen LogP contribution in [0.5, 0.6) is 0 Å². The molecule has 0 saturated heterocycles. The van der Waals surface area contributed by atoms with E-state index >= 15 is 0 Å². The Morgan fingerprint density at radius 3 is 2.70 bits per heavy atom. The lowest BCUT2D eigenvalue weighted by Gasteiger charge is -2.20. The first kappa shape index (κ1) is 23.8. The predicted octanol–water partition coefficient (Wildman–Crippen LogP) is 6.91. The Morgan fingerprint density at radius 2 is 2.03 bits per heavy atom. The molecule has 0 amide bonds. The number of nitrogens with one attached hydrogen (secondary N) is 1. The van der Waals surface area contributed by atoms with E-state index in [2.05, 4.69) is 54.2 Å². The third-order valence-corrected chi connectivity index (χ3v) is 6.14. The number of thiazole rings is 1. The van der Waals surface area contributed by atoms with E-state index in [0.29, 0.717) is 0 Å². The fourth-order valence-electron chi connectivity index (χ4n) is 2.86. The minimum Gasteiger partial charge on any atom is -0.399 e. The maximum Gasteiger partial charge on any atom is 0.123 e. The van der Waals surface area contributed by atoms with Gasteiger partial charge in [-0.3, -0.25) is 0 Å². The van der Waals surface area contributed by atoms with Crippen molar-refractivity contribution in [3.05, 3.63) is 101 Å². The van der Waals surface area contributed by atoms with Crippen molar-refractivity contribution in [2.24, 2.45) is 0 Å². The first-order valence-electron chi connectivity index (χ1n) is 10.0. The van der Waals surface area contributed by atoms with Gasteiger partial charge in [-0.25, -0.2) is 4.98 Å². The van der Waals surface area contributed by atoms with Crippen molar-refractivity contribution in [1.82, 2.24) is 10.3 Å². The highest BCUT2D eigenvalue weighted by Crippen LogP contribution is 2.28. The van der Waals surface area contributed by atoms with Crippen LogP contribution >= 0.6 is 23.1 Å². The normalized spacial score (nSPS) is 13.1. The van der Waals surface area contributed by atoms with Crippen molar-refractivity contribution in [1.29, 1.82) is 0 Å². The van der Waals surface area contributed by atoms with Gasteiger partial charge in [0, 0.05) is 22.4 Å². The second-order valence-corrected chi connectivity index (χ2v) is 8.76. The molecule has 0 saturated carbocycles. The van der Waals surface area contributed by atoms with Gasteiger partial charge >= 0.3 is 0 Å². The Kier molecular flexibility index (Phi) is 10.3. The minimum atomic E-state index is 0.0379. The number of benzene rings is 1. The first-order valence-corrected chi connectivity index (χ1v) is 11.9. The second-order valence-electron chi connectivity index (χ2n) is 6.71. The summed E-state index contributed by atoms with van der Waals surface area (Å²) < 4.78 is 0. The summed E-state index contributed by atoms with van der Waals surface area (Å²) in [6, 6.07) is 8.06. The SMILES string of the molecule is C=C/C=C(\C=C/C)c1nc([C@H](Cc2ccc(N)cc2)NC(=C)SCC/C=C\C)cs1. The molecule has 0 unspecified atom stereocenters. The number of allylic oxidation sites excluding steroid dienone is 7. The Bertz CT molecular complexity index is 905. The smallest absolute Gasteiger partial charge is 0.123 e. The fraction of sp³-hybridized carbons (Fsp3) is 0.240. The third kappa shape index (κ3) is 7.73. The number of nitrogens with two attached hydrogens (primary N) is 1. The van der Waals surface area contributed by atoms with Gasteiger partial charge in [0.1, 0.15) is 5.01 Å². The molecule has 1 aromatic heterocycles. The molecule has 158 valence electrons. The van der Waals surface area contributed by atoms with Crippen LogP contribution in [0.4, 0.5) is 5.69 Å². The van der Waals surface area contributed by atoms with Crippen LogP contribution in [0, 0.1) is 0 Å². The zero-order chi connectivity index (χ0) is 21.8. The maximum absolute atomic E-state index is 5.85. The van der Waals surface area contributed by atoms with Crippen LogP contribution in [0.25, 0.3) is 5.57 Å². The standard InChI is InChI=1S/C25H31N3S2/c1-5-8-9-16-29-19(4)27-23(17-20-12-14-22(26)15-13-20)24-18-30-25(28-24)21(10-6-2)11-7-3/h5-8,10-15,18,23,27H,2,4,9,16-17,26H2,1,3H3/b8-5-,11-7-,21-10+/t23-/m0/s1. The highest BCUT2D eigenvalue weighted by Gasteiger charge is 2.17. The van der Waals surface area contributed by atoms with Gasteiger partial charge in [0.05, 0.1) is 16.8 Å². The summed E-state index contributed by atoms with van der Waals surface area (Å²) in [6.07, 6.45) is 14.0. The molecule has 0 bridgehead atoms. The second kappa shape index (κ2) is 12.9. The largest absolute Gasteiger partial charge is 0.399 e. The summed E-state index contributed by atoms with van der Waals surface area (Å²) in [5.41, 5.74) is 9.91. The van der Waals surface area contributed by atoms with Crippen LogP contribution in [-0.4, -0.2) is 10.7 Å². The zero-order valence-electron chi connectivity index (χ0n) is 17.8. The number of nitrogens with zero attached hydrogens (tertiary/aromatic N) is 1. The number of rotatable bonds is 12. The Morgan fingerprint density at radius 1 is 1.27 bits per heavy atom. The molecule has 0 aliphatic carbocycles. The van der Waals surface area contributed by atoms with Crippen LogP contribution in [0.1, 0.15) is 42.6 Å². The number of hydrogen-bond donors (Lipinski definition) is 2. The monoisotopic (exact) mass is 437 g/mol. The summed E-state index contributed by atoms with van der Waals surface area (Å²) in [5, 5.41) is 7.66. The van der Waals surface area contributed by atoms with Gasteiger partial charge < -0.3 is 11.1 Å². The fourth-order valence-corrected chi connectivity index (χ4v) is 4.46. The zero-order valence-corrected chi connectivity index (χ0v) is 19.4. The average molecular weight is 438 g/mol. The van der Waals surface area contributed by atoms with E-state index in [-0.39, 0.29) is 6.04 Å². The van der Waals surface area contributed by atoms with Gasteiger partial charge in [0.25, 0.3) is 0 Å². The van der Waals surface area contributed by atoms with Crippen molar-refractivity contribution in [2.75, 3.05) is 11.5 Å². The summed E-state index contributed by atoms with van der Waals surface area (Å²) in [6.45, 7) is 12.1. The Hall–Kier alpha value is -2.50. The lowest BCUT2D eigenvalue weighted by Crippen LogP contribution is -2.22. The lowest BCUT2D eigenvalue weighted by molar-refractivity contribution is 0.599. The third-order valence-electron chi connectivity index (χ3n) is 4.32. The molecule has 2 aromatic rings. The molecular weight excluding hydrogens is 406 g/mol. The molecule has 1 aromatic carbocycles. The van der Waals surface area contributed by atoms with E-state index in [4.69, 9.17) is 10.7 Å². The summed E-state index contributed by atoms with van der Waals surface area (Å²) in [4.78, 5) is 4.93. The summed E-state index contributed by atoms with van der Waals surface area (Å²) in [7, 11) is 0. The van der Waals surface area contributed by atoms with E-state index in [1.807, 2.05) is 38.1 Å². The predicted molar refractivity (Wildman–Crippen MR) is 137 cm³/mol. The number of hydrogen-bond acceptors (Lipinski definition) is 5. The number of nitrogen functional groups attached to an aromatic ring is 1. The van der Waals surface area contributed by atoms with Crippen LogP contribution in [0.2, 0.25) is 0 Å². The summed E-state index contributed by atoms with van der Waals surface area (Å²) >= 11 is 3.39. The van der Waals surface area contributed by atoms with Crippen LogP contribution < -0.4 is 11.1 Å². The van der Waals surface area contributed by atoms with Crippen molar-refractivity contribution in [3.63, 3.8) is 0 Å². The van der Waals surface area contributed by atoms with Crippen molar-refractivity contribution in [2.45, 2.75) is 32.7 Å². The van der Waals surface area contributed by atoms with Gasteiger partial charge in [-0.15, -0.1) is 23.1 Å². The molecule has 0 radical (unpaired) electrons. The Balaban J connectivity index is 2.22. The van der Waals surface area contributed by atoms with E-state index in [0.717, 1.165) is 45.6 Å². The van der Waals surface area contributed by atoms with E-state index < -0.39 is 0 Å². The lowest BCUT2D eigenvalue weighted by atomic mass is 10.0. The molecule has 0 aliphatic heterocycles. The molecule has 1 heterocycles. The molecule has 3 nitrogen and oxygen atoms in total. The minimum absolute atomic E-state index is 0.0379. The van der Waals surface area contributed by atoms with Gasteiger partial charge in [-0.1, -0.05) is 61.7 Å². The van der Waals surface area contributed by atoms with Gasteiger partial charge in [-0.2, -0.15) is 0 Å². The quantitative estimate of drug-likeness (QED) is 0.164. The molecule has 0 aliphatic rings. The molecule has 0 fully saturated rings. The van der Waals surface area contributed by atoms with Crippen LogP contribution in [-0.2, 0) is 6.42 Å². The van der Waals surface area contributed by atoms with Gasteiger partial charge in [0.15, 0.2) is 0 Å². The number of aromatic nitrogens is 1. The van der Waals surface area contributed by atoms with Crippen LogP contribution in [0.15, 0.2) is 84.3 Å². The number of anilines is 1. The molecule has 3 N–H and O–H groups in total. The molecule has 5 heteroatoms. The van der Waals surface area contributed by atoms with E-state index in [1.54, 1.807) is 29.2 Å². The topological polar surface area (TPSA) is 50.9 Å². The highest BCUT2D eigenvalue weighted by atomic mass is 32.2. The molecule has 2 rings (SSSR count). The van der Waals surface area contributed by atoms with Crippen molar-refractivity contribution < 1.29 is 0 Å². The molecular formula is C25H31N3S2. The van der Waals surface area contributed by atoms with Gasteiger partial charge in [0.2, 0.25) is 0 Å². The van der Waals surface area contributed by atoms with E-state index in [9.17, 15) is 0 Å². The van der Waals surface area contributed by atoms with Crippen molar-refractivity contribution >= 4 is 34.4 Å². The first-order chi connectivity index (χ1) is 14.6. The molecule has 30 heavy (non-hydrogen) atoms. The molecule has 0 spiro atoms. The maximum atomic E-state index is 5.85. The van der Waals surface area contributed by atoms with Crippen molar-refractivity contribution in [3.8, 4) is 0 Å². The van der Waals surface area contributed by atoms with Crippen LogP contribution in [0.3, 0.4) is 0 Å². The average Bonchev–Trinajstić information content (AvgIpc) is 3.22. The molecule has 1 atom stereocenters. The summed E-state index contributed by atoms with van der Waals surface area (Å²) in [5.74, 6) is 1.00.